The molecule has 0 aliphatic carbocycles. The van der Waals surface area contributed by atoms with E-state index in [1.807, 2.05) is 29.6 Å². The first-order valence-corrected chi connectivity index (χ1v) is 13.7. The molecule has 208 valence electrons. The first-order valence-electron chi connectivity index (χ1n) is 13.7. The van der Waals surface area contributed by atoms with Gasteiger partial charge in [-0.1, -0.05) is 49.6 Å². The molecule has 0 saturated carbocycles. The van der Waals surface area contributed by atoms with Crippen LogP contribution in [0.1, 0.15) is 13.8 Å². The lowest BCUT2D eigenvalue weighted by molar-refractivity contribution is 0.122. The van der Waals surface area contributed by atoms with Crippen LogP contribution in [0.2, 0.25) is 0 Å². The van der Waals surface area contributed by atoms with Crippen molar-refractivity contribution in [3.05, 3.63) is 85.1 Å². The summed E-state index contributed by atoms with van der Waals surface area (Å²) in [6.07, 6.45) is 5.38. The summed E-state index contributed by atoms with van der Waals surface area (Å²) in [5.41, 5.74) is 9.92. The summed E-state index contributed by atoms with van der Waals surface area (Å²) >= 11 is 0. The molecule has 2 aromatic heterocycles. The first-order chi connectivity index (χ1) is 19.4. The molecule has 2 saturated heterocycles. The van der Waals surface area contributed by atoms with Crippen molar-refractivity contribution in [2.45, 2.75) is 13.8 Å². The zero-order chi connectivity index (χ0) is 28.1. The van der Waals surface area contributed by atoms with Crippen molar-refractivity contribution >= 4 is 29.2 Å². The van der Waals surface area contributed by atoms with E-state index in [4.69, 9.17) is 14.8 Å². The number of hydrogen-bond acceptors (Lipinski definition) is 8. The molecule has 9 heteroatoms. The third-order valence-electron chi connectivity index (χ3n) is 7.13. The van der Waals surface area contributed by atoms with Crippen molar-refractivity contribution in [2.24, 2.45) is 5.10 Å². The van der Waals surface area contributed by atoms with Gasteiger partial charge in [0.05, 0.1) is 25.1 Å². The zero-order valence-electron chi connectivity index (χ0n) is 23.5. The Bertz CT molecular complexity index is 1440. The van der Waals surface area contributed by atoms with Gasteiger partial charge in [-0.3, -0.25) is 5.43 Å². The maximum Gasteiger partial charge on any atom is 0.160 e. The van der Waals surface area contributed by atoms with Gasteiger partial charge in [0.25, 0.3) is 0 Å². The van der Waals surface area contributed by atoms with E-state index in [9.17, 15) is 0 Å². The van der Waals surface area contributed by atoms with Crippen molar-refractivity contribution in [1.29, 1.82) is 0 Å². The minimum absolute atomic E-state index is 0.639. The Hall–Kier alpha value is -4.37. The third-order valence-corrected chi connectivity index (χ3v) is 7.13. The molecule has 0 bridgehead atoms. The summed E-state index contributed by atoms with van der Waals surface area (Å²) in [6, 6.07) is 12.7. The van der Waals surface area contributed by atoms with Gasteiger partial charge in [0, 0.05) is 68.3 Å². The second kappa shape index (κ2) is 12.2. The Morgan fingerprint density at radius 2 is 1.70 bits per heavy atom. The number of rotatable bonds is 9. The maximum atomic E-state index is 5.59. The molecule has 3 aromatic rings. The van der Waals surface area contributed by atoms with E-state index in [0.717, 1.165) is 78.8 Å². The number of ether oxygens (including phenoxy) is 1. The molecule has 5 rings (SSSR count). The van der Waals surface area contributed by atoms with Crippen molar-refractivity contribution in [3.8, 4) is 11.3 Å². The largest absolute Gasteiger partial charge is 0.378 e. The highest BCUT2D eigenvalue weighted by molar-refractivity contribution is 5.83. The first kappa shape index (κ1) is 27.2. The monoisotopic (exact) mass is 538 g/mol. The van der Waals surface area contributed by atoms with Gasteiger partial charge in [-0.05, 0) is 31.6 Å². The van der Waals surface area contributed by atoms with Gasteiger partial charge in [-0.15, -0.1) is 0 Å². The molecule has 0 spiro atoms. The molecule has 0 unspecified atom stereocenters. The number of hydrazone groups is 1. The number of nitrogens with zero attached hydrogens (tertiary/aromatic N) is 7. The molecule has 4 heterocycles. The Morgan fingerprint density at radius 1 is 0.975 bits per heavy atom. The fourth-order valence-electron chi connectivity index (χ4n) is 4.97. The van der Waals surface area contributed by atoms with Crippen LogP contribution in [0.15, 0.2) is 90.2 Å². The SMILES string of the molecule is C=CC(/C=N/Nc1cc(N2CCOCC2)n2nc(-c3ccc(N4CCN(C(=C)C)CC4)cc3)cc2n1)=C\C(=C)C. The van der Waals surface area contributed by atoms with Crippen molar-refractivity contribution in [1.82, 2.24) is 19.5 Å². The highest BCUT2D eigenvalue weighted by atomic mass is 16.5. The lowest BCUT2D eigenvalue weighted by Gasteiger charge is -2.37. The Morgan fingerprint density at radius 3 is 2.35 bits per heavy atom. The highest BCUT2D eigenvalue weighted by Gasteiger charge is 2.19. The summed E-state index contributed by atoms with van der Waals surface area (Å²) in [5.74, 6) is 1.59. The molecule has 1 aromatic carbocycles. The molecule has 2 aliphatic rings. The molecular formula is C31H38N8O. The van der Waals surface area contributed by atoms with Crippen LogP contribution in [0.4, 0.5) is 17.3 Å². The minimum Gasteiger partial charge on any atom is -0.378 e. The lowest BCUT2D eigenvalue weighted by atomic mass is 10.1. The van der Waals surface area contributed by atoms with E-state index < -0.39 is 0 Å². The van der Waals surface area contributed by atoms with E-state index in [2.05, 4.69) is 76.2 Å². The number of benzene rings is 1. The van der Waals surface area contributed by atoms with Crippen LogP contribution in [0.5, 0.6) is 0 Å². The number of aromatic nitrogens is 3. The average molecular weight is 539 g/mol. The predicted molar refractivity (Wildman–Crippen MR) is 165 cm³/mol. The number of anilines is 3. The standard InChI is InChI=1S/C31H38N8O/c1-6-25(19-23(2)3)22-32-34-29-21-31(38-15-17-40-18-16-38)39-30(33-29)20-28(35-39)26-7-9-27(10-8-26)37-13-11-36(12-14-37)24(4)5/h6-10,19-22H,1-2,4,11-18H2,3,5H3,(H,33,34)/b25-19+,32-22+. The number of nitrogens with one attached hydrogen (secondary N) is 1. The van der Waals surface area contributed by atoms with E-state index in [-0.39, 0.29) is 0 Å². The summed E-state index contributed by atoms with van der Waals surface area (Å²) in [6.45, 7) is 22.8. The lowest BCUT2D eigenvalue weighted by Crippen LogP contribution is -2.45. The van der Waals surface area contributed by atoms with Crippen LogP contribution in [-0.2, 0) is 4.74 Å². The third kappa shape index (κ3) is 6.26. The van der Waals surface area contributed by atoms with Gasteiger partial charge in [-0.25, -0.2) is 4.98 Å². The van der Waals surface area contributed by atoms with E-state index >= 15 is 0 Å². The molecule has 2 aliphatic heterocycles. The summed E-state index contributed by atoms with van der Waals surface area (Å²) in [4.78, 5) is 11.8. The Kier molecular flexibility index (Phi) is 8.31. The Labute approximate surface area is 236 Å². The van der Waals surface area contributed by atoms with E-state index in [1.54, 1.807) is 12.3 Å². The van der Waals surface area contributed by atoms with Gasteiger partial charge < -0.3 is 19.4 Å². The van der Waals surface area contributed by atoms with Gasteiger partial charge in [0.15, 0.2) is 11.5 Å². The highest BCUT2D eigenvalue weighted by Crippen LogP contribution is 2.28. The fraction of sp³-hybridized carbons (Fsp3) is 0.323. The zero-order valence-corrected chi connectivity index (χ0v) is 23.5. The van der Waals surface area contributed by atoms with Crippen LogP contribution < -0.4 is 15.2 Å². The van der Waals surface area contributed by atoms with Crippen molar-refractivity contribution in [3.63, 3.8) is 0 Å². The van der Waals surface area contributed by atoms with Crippen LogP contribution in [0, 0.1) is 0 Å². The number of allylic oxidation sites excluding steroid dienone is 5. The molecule has 40 heavy (non-hydrogen) atoms. The molecule has 1 N–H and O–H groups in total. The average Bonchev–Trinajstić information content (AvgIpc) is 3.41. The summed E-state index contributed by atoms with van der Waals surface area (Å²) < 4.78 is 7.51. The summed E-state index contributed by atoms with van der Waals surface area (Å²) in [7, 11) is 0. The molecule has 0 atom stereocenters. The van der Waals surface area contributed by atoms with E-state index in [1.165, 1.54) is 5.69 Å². The number of fused-ring (bicyclic) bond motifs is 1. The van der Waals surface area contributed by atoms with Crippen LogP contribution in [0.3, 0.4) is 0 Å². The van der Waals surface area contributed by atoms with Crippen LogP contribution >= 0.6 is 0 Å². The smallest absolute Gasteiger partial charge is 0.160 e. The molecule has 9 nitrogen and oxygen atoms in total. The maximum absolute atomic E-state index is 5.59. The number of morpholine rings is 1. The minimum atomic E-state index is 0.639. The van der Waals surface area contributed by atoms with Crippen molar-refractivity contribution < 1.29 is 4.74 Å². The van der Waals surface area contributed by atoms with Crippen LogP contribution in [0.25, 0.3) is 16.9 Å². The second-order valence-electron chi connectivity index (χ2n) is 10.2. The topological polar surface area (TPSA) is 73.5 Å². The quantitative estimate of drug-likeness (QED) is 0.234. The van der Waals surface area contributed by atoms with Crippen LogP contribution in [-0.4, -0.2) is 78.2 Å². The Balaban J connectivity index is 1.40. The number of hydrogen-bond donors (Lipinski definition) is 1. The van der Waals surface area contributed by atoms with Gasteiger partial charge in [-0.2, -0.15) is 14.7 Å². The van der Waals surface area contributed by atoms with Gasteiger partial charge >= 0.3 is 0 Å². The second-order valence-corrected chi connectivity index (χ2v) is 10.2. The normalized spacial score (nSPS) is 16.6. The molecule has 0 amide bonds. The summed E-state index contributed by atoms with van der Waals surface area (Å²) in [5, 5.41) is 9.36. The fourth-order valence-corrected chi connectivity index (χ4v) is 4.97. The number of piperazine rings is 1. The molecule has 0 radical (unpaired) electrons. The molecule has 2 fully saturated rings. The predicted octanol–water partition coefficient (Wildman–Crippen LogP) is 4.97. The van der Waals surface area contributed by atoms with Gasteiger partial charge in [0.1, 0.15) is 5.82 Å². The molecular weight excluding hydrogens is 500 g/mol. The van der Waals surface area contributed by atoms with Crippen molar-refractivity contribution in [2.75, 3.05) is 67.7 Å². The van der Waals surface area contributed by atoms with E-state index in [0.29, 0.717) is 19.0 Å². The van der Waals surface area contributed by atoms with Gasteiger partial charge in [0.2, 0.25) is 0 Å².